The second kappa shape index (κ2) is 9.88. The van der Waals surface area contributed by atoms with Crippen molar-refractivity contribution in [1.29, 1.82) is 0 Å². The van der Waals surface area contributed by atoms with Gasteiger partial charge in [-0.3, -0.25) is 14.4 Å². The molecule has 28 heavy (non-hydrogen) atoms. The summed E-state index contributed by atoms with van der Waals surface area (Å²) in [6.07, 6.45) is 1.13. The van der Waals surface area contributed by atoms with Crippen LogP contribution < -0.4 is 5.32 Å². The molecule has 0 spiro atoms. The molecule has 2 aromatic rings. The largest absolute Gasteiger partial charge is 0.456 e. The molecule has 6 nitrogen and oxygen atoms in total. The maximum Gasteiger partial charge on any atom is 0.325 e. The van der Waals surface area contributed by atoms with Crippen LogP contribution in [0.15, 0.2) is 36.4 Å². The topological polar surface area (TPSA) is 77.4 Å². The van der Waals surface area contributed by atoms with Crippen molar-refractivity contribution in [2.24, 2.45) is 5.92 Å². The average Bonchev–Trinajstić information content (AvgIpc) is 2.97. The molecular weight excluding hydrogens is 356 g/mol. The molecule has 1 amide bonds. The fourth-order valence-corrected chi connectivity index (χ4v) is 2.97. The van der Waals surface area contributed by atoms with Crippen LogP contribution in [0.1, 0.15) is 48.4 Å². The number of para-hydroxylation sites is 1. The minimum absolute atomic E-state index is 0.191. The summed E-state index contributed by atoms with van der Waals surface area (Å²) in [5.41, 5.74) is 3.22. The average molecular weight is 384 g/mol. The number of ketones is 1. The highest BCUT2D eigenvalue weighted by Gasteiger charge is 2.18. The van der Waals surface area contributed by atoms with Crippen LogP contribution >= 0.6 is 0 Å². The van der Waals surface area contributed by atoms with E-state index >= 15 is 0 Å². The highest BCUT2D eigenvalue weighted by atomic mass is 16.5. The molecule has 2 rings (SSSR count). The van der Waals surface area contributed by atoms with Gasteiger partial charge in [-0.15, -0.1) is 0 Å². The number of Topliss-reactive ketones (excluding diaryl/α,β-unsaturated/α-hetero) is 1. The van der Waals surface area contributed by atoms with Gasteiger partial charge in [0.1, 0.15) is 6.54 Å². The van der Waals surface area contributed by atoms with E-state index in [4.69, 9.17) is 4.74 Å². The van der Waals surface area contributed by atoms with Crippen molar-refractivity contribution in [3.8, 4) is 5.69 Å². The molecule has 0 atom stereocenters. The summed E-state index contributed by atoms with van der Waals surface area (Å²) in [6, 6.07) is 11.5. The standard InChI is InChI=1S/C22H28N2O4/c1-15(2)10-11-21(26)23-13-22(27)28-14-20(25)19-12-16(3)24(17(19)4)18-8-6-5-7-9-18/h5-9,12,15H,10-11,13-14H2,1-4H3,(H,23,26). The molecule has 150 valence electrons. The summed E-state index contributed by atoms with van der Waals surface area (Å²) >= 11 is 0. The number of carbonyl (C=O) groups is 3. The molecule has 1 heterocycles. The summed E-state index contributed by atoms with van der Waals surface area (Å²) in [7, 11) is 0. The Hall–Kier alpha value is -2.89. The lowest BCUT2D eigenvalue weighted by molar-refractivity contribution is -0.142. The maximum atomic E-state index is 12.5. The number of hydrogen-bond acceptors (Lipinski definition) is 4. The number of hydrogen-bond donors (Lipinski definition) is 1. The minimum atomic E-state index is -0.622. The van der Waals surface area contributed by atoms with Gasteiger partial charge in [0.05, 0.1) is 0 Å². The third-order valence-electron chi connectivity index (χ3n) is 4.49. The first kappa shape index (κ1) is 21.4. The lowest BCUT2D eigenvalue weighted by Crippen LogP contribution is -2.31. The van der Waals surface area contributed by atoms with Crippen LogP contribution in [0.2, 0.25) is 0 Å². The summed E-state index contributed by atoms with van der Waals surface area (Å²) < 4.78 is 7.02. The van der Waals surface area contributed by atoms with Crippen molar-refractivity contribution in [3.05, 3.63) is 53.3 Å². The molecule has 1 aromatic heterocycles. The SMILES string of the molecule is Cc1cc(C(=O)COC(=O)CNC(=O)CCC(C)C)c(C)n1-c1ccccc1. The molecule has 0 fully saturated rings. The molecule has 6 heteroatoms. The Labute approximate surface area is 165 Å². The number of benzene rings is 1. The summed E-state index contributed by atoms with van der Waals surface area (Å²) in [5.74, 6) is -0.661. The number of nitrogens with zero attached hydrogens (tertiary/aromatic N) is 1. The molecule has 0 aliphatic heterocycles. The maximum absolute atomic E-state index is 12.5. The fraction of sp³-hybridized carbons (Fsp3) is 0.409. The summed E-state index contributed by atoms with van der Waals surface area (Å²) in [5, 5.41) is 2.52. The van der Waals surface area contributed by atoms with Crippen LogP contribution in [0.3, 0.4) is 0 Å². The van der Waals surface area contributed by atoms with Gasteiger partial charge in [-0.2, -0.15) is 0 Å². The van der Waals surface area contributed by atoms with Gasteiger partial charge in [0, 0.05) is 29.1 Å². The van der Waals surface area contributed by atoms with Gasteiger partial charge in [-0.1, -0.05) is 32.0 Å². The molecule has 1 aromatic carbocycles. The van der Waals surface area contributed by atoms with E-state index < -0.39 is 5.97 Å². The van der Waals surface area contributed by atoms with Crippen molar-refractivity contribution >= 4 is 17.7 Å². The molecule has 0 radical (unpaired) electrons. The number of carbonyl (C=O) groups excluding carboxylic acids is 3. The molecule has 0 unspecified atom stereocenters. The molecule has 0 saturated heterocycles. The predicted molar refractivity (Wildman–Crippen MR) is 108 cm³/mol. The van der Waals surface area contributed by atoms with Crippen LogP contribution in [-0.2, 0) is 14.3 Å². The Morgan fingerprint density at radius 2 is 1.79 bits per heavy atom. The van der Waals surface area contributed by atoms with Gasteiger partial charge < -0.3 is 14.6 Å². The lowest BCUT2D eigenvalue weighted by atomic mass is 10.1. The predicted octanol–water partition coefficient (Wildman–Crippen LogP) is 3.37. The van der Waals surface area contributed by atoms with Crippen LogP contribution in [-0.4, -0.2) is 35.4 Å². The van der Waals surface area contributed by atoms with E-state index in [-0.39, 0.29) is 24.8 Å². The first-order valence-electron chi connectivity index (χ1n) is 9.49. The Morgan fingerprint density at radius 1 is 1.11 bits per heavy atom. The minimum Gasteiger partial charge on any atom is -0.456 e. The quantitative estimate of drug-likeness (QED) is 0.531. The fourth-order valence-electron chi connectivity index (χ4n) is 2.97. The van der Waals surface area contributed by atoms with Crippen LogP contribution in [0.5, 0.6) is 0 Å². The monoisotopic (exact) mass is 384 g/mol. The zero-order chi connectivity index (χ0) is 20.7. The van der Waals surface area contributed by atoms with E-state index in [1.165, 1.54) is 0 Å². The van der Waals surface area contributed by atoms with Crippen molar-refractivity contribution in [1.82, 2.24) is 9.88 Å². The number of rotatable bonds is 9. The number of aromatic nitrogens is 1. The number of esters is 1. The molecular formula is C22H28N2O4. The number of aryl methyl sites for hydroxylation is 1. The van der Waals surface area contributed by atoms with E-state index in [1.54, 1.807) is 6.07 Å². The number of ether oxygens (including phenoxy) is 1. The van der Waals surface area contributed by atoms with Gasteiger partial charge in [0.15, 0.2) is 6.61 Å². The highest BCUT2D eigenvalue weighted by Crippen LogP contribution is 2.21. The van der Waals surface area contributed by atoms with Gasteiger partial charge in [-0.25, -0.2) is 0 Å². The van der Waals surface area contributed by atoms with E-state index in [1.807, 2.05) is 62.6 Å². The van der Waals surface area contributed by atoms with Crippen molar-refractivity contribution < 1.29 is 19.1 Å². The van der Waals surface area contributed by atoms with Crippen LogP contribution in [0.25, 0.3) is 5.69 Å². The third kappa shape index (κ3) is 5.81. The zero-order valence-electron chi connectivity index (χ0n) is 17.0. The second-order valence-corrected chi connectivity index (χ2v) is 7.25. The first-order chi connectivity index (χ1) is 13.3. The normalized spacial score (nSPS) is 10.8. The highest BCUT2D eigenvalue weighted by molar-refractivity contribution is 5.99. The summed E-state index contributed by atoms with van der Waals surface area (Å²) in [6.45, 7) is 7.27. The summed E-state index contributed by atoms with van der Waals surface area (Å²) in [4.78, 5) is 36.0. The molecule has 0 aliphatic carbocycles. The Balaban J connectivity index is 1.90. The van der Waals surface area contributed by atoms with Gasteiger partial charge in [0.2, 0.25) is 11.7 Å². The Bertz CT molecular complexity index is 838. The molecule has 1 N–H and O–H groups in total. The molecule has 0 saturated carbocycles. The van der Waals surface area contributed by atoms with Crippen LogP contribution in [0, 0.1) is 19.8 Å². The number of nitrogens with one attached hydrogen (secondary N) is 1. The van der Waals surface area contributed by atoms with E-state index in [0.717, 1.165) is 23.5 Å². The lowest BCUT2D eigenvalue weighted by Gasteiger charge is -2.10. The Morgan fingerprint density at radius 3 is 2.43 bits per heavy atom. The third-order valence-corrected chi connectivity index (χ3v) is 4.49. The number of amides is 1. The van der Waals surface area contributed by atoms with Crippen molar-refractivity contribution in [2.45, 2.75) is 40.5 Å². The van der Waals surface area contributed by atoms with E-state index in [2.05, 4.69) is 5.32 Å². The van der Waals surface area contributed by atoms with Crippen molar-refractivity contribution in [3.63, 3.8) is 0 Å². The van der Waals surface area contributed by atoms with E-state index in [0.29, 0.717) is 17.9 Å². The van der Waals surface area contributed by atoms with Gasteiger partial charge in [0.25, 0.3) is 0 Å². The smallest absolute Gasteiger partial charge is 0.325 e. The first-order valence-corrected chi connectivity index (χ1v) is 9.49. The molecule has 0 aliphatic rings. The zero-order valence-corrected chi connectivity index (χ0v) is 17.0. The van der Waals surface area contributed by atoms with Gasteiger partial charge in [-0.05, 0) is 44.4 Å². The van der Waals surface area contributed by atoms with Crippen molar-refractivity contribution in [2.75, 3.05) is 13.2 Å². The van der Waals surface area contributed by atoms with Crippen LogP contribution in [0.4, 0.5) is 0 Å². The second-order valence-electron chi connectivity index (χ2n) is 7.25. The molecule has 0 bridgehead atoms. The van der Waals surface area contributed by atoms with Gasteiger partial charge >= 0.3 is 5.97 Å². The van der Waals surface area contributed by atoms with E-state index in [9.17, 15) is 14.4 Å². The Kier molecular flexibility index (Phi) is 7.55.